The highest BCUT2D eigenvalue weighted by Gasteiger charge is 2.07. The monoisotopic (exact) mass is 371 g/mol. The van der Waals surface area contributed by atoms with Crippen molar-refractivity contribution in [1.82, 2.24) is 5.43 Å². The molecule has 2 aromatic carbocycles. The zero-order valence-corrected chi connectivity index (χ0v) is 15.3. The number of nitrogens with zero attached hydrogens (tertiary/aromatic N) is 1. The minimum atomic E-state index is -0.439. The minimum Gasteiger partial charge on any atom is -0.497 e. The first-order valence-corrected chi connectivity index (χ1v) is 8.08. The van der Waals surface area contributed by atoms with Crippen molar-refractivity contribution >= 4 is 23.8 Å². The summed E-state index contributed by atoms with van der Waals surface area (Å²) in [6.45, 7) is 1.36. The van der Waals surface area contributed by atoms with Crippen molar-refractivity contribution in [3.8, 4) is 17.2 Å². The van der Waals surface area contributed by atoms with Crippen molar-refractivity contribution in [3.05, 3.63) is 48.0 Å². The van der Waals surface area contributed by atoms with Crippen LogP contribution in [0.2, 0.25) is 0 Å². The van der Waals surface area contributed by atoms with E-state index in [9.17, 15) is 9.59 Å². The molecule has 0 aliphatic rings. The van der Waals surface area contributed by atoms with E-state index in [0.717, 1.165) is 5.69 Å². The van der Waals surface area contributed by atoms with E-state index < -0.39 is 5.97 Å². The van der Waals surface area contributed by atoms with E-state index >= 15 is 0 Å². The van der Waals surface area contributed by atoms with Gasteiger partial charge in [0.2, 0.25) is 0 Å². The van der Waals surface area contributed by atoms with Crippen molar-refractivity contribution in [2.75, 3.05) is 26.1 Å². The Morgan fingerprint density at radius 3 is 2.59 bits per heavy atom. The topological polar surface area (TPSA) is 98.3 Å². The van der Waals surface area contributed by atoms with Gasteiger partial charge in [-0.3, -0.25) is 9.59 Å². The van der Waals surface area contributed by atoms with Gasteiger partial charge in [-0.2, -0.15) is 5.10 Å². The molecular weight excluding hydrogens is 350 g/mol. The molecule has 0 saturated carbocycles. The zero-order chi connectivity index (χ0) is 19.6. The number of hydrogen-bond donors (Lipinski definition) is 2. The number of esters is 1. The summed E-state index contributed by atoms with van der Waals surface area (Å²) < 4.78 is 15.3. The fourth-order valence-corrected chi connectivity index (χ4v) is 2.14. The van der Waals surface area contributed by atoms with Crippen molar-refractivity contribution in [3.63, 3.8) is 0 Å². The quantitative estimate of drug-likeness (QED) is 0.319. The Kier molecular flexibility index (Phi) is 7.18. The van der Waals surface area contributed by atoms with Crippen LogP contribution in [0, 0.1) is 0 Å². The van der Waals surface area contributed by atoms with Crippen LogP contribution in [0.25, 0.3) is 0 Å². The molecule has 0 bridgehead atoms. The second-order valence-corrected chi connectivity index (χ2v) is 5.38. The lowest BCUT2D eigenvalue weighted by molar-refractivity contribution is -0.132. The molecule has 2 N–H and O–H groups in total. The number of ether oxygens (including phenoxy) is 3. The summed E-state index contributed by atoms with van der Waals surface area (Å²) >= 11 is 0. The van der Waals surface area contributed by atoms with Crippen LogP contribution >= 0.6 is 0 Å². The summed E-state index contributed by atoms with van der Waals surface area (Å²) in [4.78, 5) is 22.9. The standard InChI is InChI=1S/C19H21N3O5/c1-13(23)27-17-8-7-14(9-18(17)26-3)11-21-22-19(24)12-20-15-5-4-6-16(10-15)25-2/h4-11,20H,12H2,1-3H3,(H,22,24)/b21-11-. The third-order valence-electron chi connectivity index (χ3n) is 3.37. The molecule has 0 atom stereocenters. The molecule has 2 rings (SSSR count). The zero-order valence-electron chi connectivity index (χ0n) is 15.3. The normalized spacial score (nSPS) is 10.3. The number of benzene rings is 2. The van der Waals surface area contributed by atoms with Gasteiger partial charge in [0.15, 0.2) is 11.5 Å². The molecule has 8 heteroatoms. The summed E-state index contributed by atoms with van der Waals surface area (Å²) in [5.74, 6) is 0.654. The first-order valence-electron chi connectivity index (χ1n) is 8.08. The maximum Gasteiger partial charge on any atom is 0.308 e. The van der Waals surface area contributed by atoms with Crippen LogP contribution in [0.5, 0.6) is 17.2 Å². The highest BCUT2D eigenvalue weighted by molar-refractivity contribution is 5.85. The Hall–Kier alpha value is -3.55. The number of anilines is 1. The van der Waals surface area contributed by atoms with Crippen molar-refractivity contribution in [1.29, 1.82) is 0 Å². The molecule has 2 aromatic rings. The second-order valence-electron chi connectivity index (χ2n) is 5.38. The predicted octanol–water partition coefficient (Wildman–Crippen LogP) is 2.19. The van der Waals surface area contributed by atoms with Gasteiger partial charge in [-0.15, -0.1) is 0 Å². The number of carbonyl (C=O) groups excluding carboxylic acids is 2. The number of rotatable bonds is 8. The molecule has 0 aromatic heterocycles. The van der Waals surface area contributed by atoms with Gasteiger partial charge in [0.05, 0.1) is 27.0 Å². The third kappa shape index (κ3) is 6.35. The Morgan fingerprint density at radius 1 is 1.07 bits per heavy atom. The molecular formula is C19H21N3O5. The lowest BCUT2D eigenvalue weighted by Crippen LogP contribution is -2.25. The van der Waals surface area contributed by atoms with E-state index in [0.29, 0.717) is 22.8 Å². The molecule has 0 spiro atoms. The molecule has 0 radical (unpaired) electrons. The van der Waals surface area contributed by atoms with Crippen LogP contribution in [0.3, 0.4) is 0 Å². The Bertz CT molecular complexity index is 836. The first kappa shape index (κ1) is 19.8. The maximum atomic E-state index is 11.9. The van der Waals surface area contributed by atoms with E-state index in [1.54, 1.807) is 31.4 Å². The Morgan fingerprint density at radius 2 is 1.89 bits per heavy atom. The number of carbonyl (C=O) groups is 2. The number of amides is 1. The third-order valence-corrected chi connectivity index (χ3v) is 3.37. The van der Waals surface area contributed by atoms with E-state index in [-0.39, 0.29) is 12.5 Å². The average Bonchev–Trinajstić information content (AvgIpc) is 2.67. The van der Waals surface area contributed by atoms with Crippen LogP contribution in [-0.2, 0) is 9.59 Å². The molecule has 0 heterocycles. The molecule has 8 nitrogen and oxygen atoms in total. The van der Waals surface area contributed by atoms with Gasteiger partial charge in [0, 0.05) is 18.7 Å². The number of methoxy groups -OCH3 is 2. The van der Waals surface area contributed by atoms with Gasteiger partial charge in [-0.05, 0) is 35.9 Å². The van der Waals surface area contributed by atoms with Gasteiger partial charge in [0.25, 0.3) is 5.91 Å². The highest BCUT2D eigenvalue weighted by atomic mass is 16.6. The van der Waals surface area contributed by atoms with Gasteiger partial charge in [-0.1, -0.05) is 6.07 Å². The number of hydrogen-bond acceptors (Lipinski definition) is 7. The fourth-order valence-electron chi connectivity index (χ4n) is 2.14. The number of nitrogens with one attached hydrogen (secondary N) is 2. The molecule has 0 aliphatic carbocycles. The maximum absolute atomic E-state index is 11.9. The van der Waals surface area contributed by atoms with Crippen molar-refractivity contribution < 1.29 is 23.8 Å². The lowest BCUT2D eigenvalue weighted by Gasteiger charge is -2.08. The summed E-state index contributed by atoms with van der Waals surface area (Å²) in [6, 6.07) is 12.2. The van der Waals surface area contributed by atoms with E-state index in [4.69, 9.17) is 14.2 Å². The molecule has 142 valence electrons. The molecule has 1 amide bonds. The molecule has 0 fully saturated rings. The average molecular weight is 371 g/mol. The first-order chi connectivity index (χ1) is 13.0. The summed E-state index contributed by atoms with van der Waals surface area (Å²) in [7, 11) is 3.05. The lowest BCUT2D eigenvalue weighted by atomic mass is 10.2. The molecule has 0 saturated heterocycles. The smallest absolute Gasteiger partial charge is 0.308 e. The summed E-state index contributed by atoms with van der Waals surface area (Å²) in [6.07, 6.45) is 1.46. The van der Waals surface area contributed by atoms with Crippen LogP contribution in [0.4, 0.5) is 5.69 Å². The largest absolute Gasteiger partial charge is 0.497 e. The summed E-state index contributed by atoms with van der Waals surface area (Å²) in [5, 5.41) is 6.88. The van der Waals surface area contributed by atoms with Gasteiger partial charge >= 0.3 is 5.97 Å². The Balaban J connectivity index is 1.88. The van der Waals surface area contributed by atoms with Crippen LogP contribution < -0.4 is 25.0 Å². The predicted molar refractivity (Wildman–Crippen MR) is 102 cm³/mol. The van der Waals surface area contributed by atoms with E-state index in [1.165, 1.54) is 20.2 Å². The fraction of sp³-hybridized carbons (Fsp3) is 0.211. The SMILES string of the molecule is COc1cccc(NCC(=O)N/N=C\c2ccc(OC(C)=O)c(OC)c2)c1. The molecule has 27 heavy (non-hydrogen) atoms. The van der Waals surface area contributed by atoms with Gasteiger partial charge in [0.1, 0.15) is 5.75 Å². The van der Waals surface area contributed by atoms with E-state index in [2.05, 4.69) is 15.8 Å². The summed E-state index contributed by atoms with van der Waals surface area (Å²) in [5.41, 5.74) is 3.86. The van der Waals surface area contributed by atoms with Gasteiger partial charge in [-0.25, -0.2) is 5.43 Å². The van der Waals surface area contributed by atoms with Crippen LogP contribution in [0.15, 0.2) is 47.6 Å². The van der Waals surface area contributed by atoms with Gasteiger partial charge < -0.3 is 19.5 Å². The minimum absolute atomic E-state index is 0.0548. The Labute approximate surface area is 157 Å². The van der Waals surface area contributed by atoms with Crippen molar-refractivity contribution in [2.45, 2.75) is 6.92 Å². The van der Waals surface area contributed by atoms with Crippen LogP contribution in [0.1, 0.15) is 12.5 Å². The highest BCUT2D eigenvalue weighted by Crippen LogP contribution is 2.27. The van der Waals surface area contributed by atoms with Crippen LogP contribution in [-0.4, -0.2) is 38.9 Å². The molecule has 0 unspecified atom stereocenters. The second kappa shape index (κ2) is 9.81. The molecule has 0 aliphatic heterocycles. The number of hydrazone groups is 1. The van der Waals surface area contributed by atoms with E-state index in [1.807, 2.05) is 18.2 Å². The van der Waals surface area contributed by atoms with Crippen molar-refractivity contribution in [2.24, 2.45) is 5.10 Å².